The maximum Gasteiger partial charge on any atom is 0.341 e. The van der Waals surface area contributed by atoms with E-state index < -0.39 is 40.3 Å². The van der Waals surface area contributed by atoms with E-state index in [0.717, 1.165) is 0 Å². The van der Waals surface area contributed by atoms with Crippen LogP contribution in [-0.2, 0) is 4.74 Å². The van der Waals surface area contributed by atoms with Crippen molar-refractivity contribution in [3.05, 3.63) is 82.7 Å². The van der Waals surface area contributed by atoms with E-state index >= 15 is 0 Å². The normalized spacial score (nSPS) is 10.2. The van der Waals surface area contributed by atoms with Crippen LogP contribution >= 0.6 is 15.9 Å². The minimum absolute atomic E-state index is 0.0145. The van der Waals surface area contributed by atoms with E-state index in [1.54, 1.807) is 30.3 Å². The van der Waals surface area contributed by atoms with Crippen molar-refractivity contribution in [2.24, 2.45) is 0 Å². The van der Waals surface area contributed by atoms with Crippen LogP contribution in [-0.4, -0.2) is 17.9 Å². The molecule has 0 saturated heterocycles. The standard InChI is InChI=1S/C23H12BrF3N2O3/c24-9-10-31-23(30)15-8-4-7-14(13-5-2-1-3-6-13)21(15)32-22-19(26)17(12-29)16(11-28)18(25)20(22)27/h1-8H,9-10H2. The number of hydrogen-bond acceptors (Lipinski definition) is 5. The Balaban J connectivity index is 2.26. The molecule has 0 saturated carbocycles. The molecular formula is C23H12BrF3N2O3. The maximum atomic E-state index is 14.9. The molecule has 32 heavy (non-hydrogen) atoms. The number of halogens is 4. The number of nitriles is 2. The molecule has 0 aliphatic rings. The van der Waals surface area contributed by atoms with Gasteiger partial charge in [-0.2, -0.15) is 14.9 Å². The highest BCUT2D eigenvalue weighted by molar-refractivity contribution is 9.09. The Morgan fingerprint density at radius 1 is 0.875 bits per heavy atom. The number of alkyl halides is 1. The van der Waals surface area contributed by atoms with Crippen molar-refractivity contribution < 1.29 is 27.4 Å². The van der Waals surface area contributed by atoms with Crippen molar-refractivity contribution >= 4 is 21.9 Å². The van der Waals surface area contributed by atoms with E-state index in [-0.39, 0.29) is 23.5 Å². The Morgan fingerprint density at radius 2 is 1.53 bits per heavy atom. The minimum atomic E-state index is -1.80. The molecule has 0 heterocycles. The minimum Gasteiger partial charge on any atom is -0.461 e. The second-order valence-electron chi connectivity index (χ2n) is 6.22. The number of esters is 1. The molecule has 9 heteroatoms. The first kappa shape index (κ1) is 22.9. The first-order chi connectivity index (χ1) is 15.4. The third-order valence-corrected chi connectivity index (χ3v) is 4.66. The first-order valence-electron chi connectivity index (χ1n) is 9.04. The Morgan fingerprint density at radius 3 is 2.16 bits per heavy atom. The van der Waals surface area contributed by atoms with Crippen LogP contribution in [0.4, 0.5) is 13.2 Å². The number of hydrogen-bond donors (Lipinski definition) is 0. The molecule has 3 aromatic rings. The van der Waals surface area contributed by atoms with Crippen molar-refractivity contribution in [1.82, 2.24) is 0 Å². The van der Waals surface area contributed by atoms with Gasteiger partial charge >= 0.3 is 5.97 Å². The van der Waals surface area contributed by atoms with Crippen molar-refractivity contribution in [2.75, 3.05) is 11.9 Å². The average molecular weight is 501 g/mol. The Bertz CT molecular complexity index is 1270. The third-order valence-electron chi connectivity index (χ3n) is 4.34. The van der Waals surface area contributed by atoms with Crippen LogP contribution in [0.5, 0.6) is 11.5 Å². The number of ether oxygens (including phenoxy) is 2. The van der Waals surface area contributed by atoms with Gasteiger partial charge in [-0.15, -0.1) is 0 Å². The number of rotatable bonds is 6. The lowest BCUT2D eigenvalue weighted by atomic mass is 10.0. The lowest BCUT2D eigenvalue weighted by Crippen LogP contribution is -2.10. The molecule has 0 spiro atoms. The van der Waals surface area contributed by atoms with Crippen molar-refractivity contribution in [3.63, 3.8) is 0 Å². The second-order valence-corrected chi connectivity index (χ2v) is 7.01. The fraction of sp³-hybridized carbons (Fsp3) is 0.0870. The molecule has 0 aromatic heterocycles. The summed E-state index contributed by atoms with van der Waals surface area (Å²) in [5, 5.41) is 18.5. The Hall–Kier alpha value is -3.82. The van der Waals surface area contributed by atoms with E-state index in [1.807, 2.05) is 0 Å². The number of para-hydroxylation sites is 1. The SMILES string of the molecule is N#Cc1c(F)c(F)c(Oc2c(C(=O)OCCBr)cccc2-c2ccccc2)c(F)c1C#N. The van der Waals surface area contributed by atoms with Gasteiger partial charge in [0.2, 0.25) is 11.6 Å². The lowest BCUT2D eigenvalue weighted by Gasteiger charge is -2.17. The van der Waals surface area contributed by atoms with Gasteiger partial charge in [0.25, 0.3) is 0 Å². The zero-order valence-corrected chi connectivity index (χ0v) is 17.8. The van der Waals surface area contributed by atoms with Crippen molar-refractivity contribution in [2.45, 2.75) is 0 Å². The molecule has 0 fully saturated rings. The quantitative estimate of drug-likeness (QED) is 0.240. The monoisotopic (exact) mass is 500 g/mol. The van der Waals surface area contributed by atoms with Crippen molar-refractivity contribution in [1.29, 1.82) is 10.5 Å². The van der Waals surface area contributed by atoms with Crippen LogP contribution in [0.1, 0.15) is 21.5 Å². The molecule has 160 valence electrons. The lowest BCUT2D eigenvalue weighted by molar-refractivity contribution is 0.0528. The second kappa shape index (κ2) is 9.99. The molecule has 0 atom stereocenters. The molecule has 5 nitrogen and oxygen atoms in total. The molecule has 0 aliphatic carbocycles. The summed E-state index contributed by atoms with van der Waals surface area (Å²) in [4.78, 5) is 12.6. The maximum absolute atomic E-state index is 14.9. The zero-order chi connectivity index (χ0) is 23.3. The van der Waals surface area contributed by atoms with Gasteiger partial charge in [-0.05, 0) is 11.6 Å². The van der Waals surface area contributed by atoms with Gasteiger partial charge in [0, 0.05) is 10.9 Å². The smallest absolute Gasteiger partial charge is 0.341 e. The number of carbonyl (C=O) groups excluding carboxylic acids is 1. The number of carbonyl (C=O) groups is 1. The van der Waals surface area contributed by atoms with Gasteiger partial charge in [0.15, 0.2) is 11.6 Å². The molecule has 0 unspecified atom stereocenters. The summed E-state index contributed by atoms with van der Waals surface area (Å²) in [5.41, 5.74) is -1.46. The van der Waals surface area contributed by atoms with E-state index in [9.17, 15) is 18.0 Å². The Labute approximate surface area is 189 Å². The van der Waals surface area contributed by atoms with Crippen LogP contribution < -0.4 is 4.74 Å². The average Bonchev–Trinajstić information content (AvgIpc) is 2.82. The fourth-order valence-electron chi connectivity index (χ4n) is 2.90. The van der Waals surface area contributed by atoms with Gasteiger partial charge in [-0.1, -0.05) is 58.4 Å². The zero-order valence-electron chi connectivity index (χ0n) is 16.2. The molecule has 0 amide bonds. The highest BCUT2D eigenvalue weighted by Crippen LogP contribution is 2.40. The summed E-state index contributed by atoms with van der Waals surface area (Å²) >= 11 is 3.12. The molecular weight excluding hydrogens is 489 g/mol. The van der Waals surface area contributed by atoms with Gasteiger partial charge in [-0.3, -0.25) is 0 Å². The van der Waals surface area contributed by atoms with Gasteiger partial charge in [-0.25, -0.2) is 13.6 Å². The molecule has 3 rings (SSSR count). The van der Waals surface area contributed by atoms with Crippen LogP contribution in [0.2, 0.25) is 0 Å². The molecule has 0 aliphatic heterocycles. The van der Waals surface area contributed by atoms with E-state index in [2.05, 4.69) is 15.9 Å². The fourth-order valence-corrected chi connectivity index (χ4v) is 3.06. The van der Waals surface area contributed by atoms with Crippen LogP contribution in [0.3, 0.4) is 0 Å². The van der Waals surface area contributed by atoms with Gasteiger partial charge in [0.05, 0.1) is 0 Å². The first-order valence-corrected chi connectivity index (χ1v) is 10.2. The summed E-state index contributed by atoms with van der Waals surface area (Å²) in [6, 6.07) is 15.5. The summed E-state index contributed by atoms with van der Waals surface area (Å²) in [7, 11) is 0. The largest absolute Gasteiger partial charge is 0.461 e. The van der Waals surface area contributed by atoms with E-state index in [1.165, 1.54) is 30.3 Å². The summed E-state index contributed by atoms with van der Waals surface area (Å²) < 4.78 is 54.4. The summed E-state index contributed by atoms with van der Waals surface area (Å²) in [6.07, 6.45) is 0. The predicted octanol–water partition coefficient (Wildman–Crippen LogP) is 5.86. The third kappa shape index (κ3) is 4.29. The molecule has 0 radical (unpaired) electrons. The topological polar surface area (TPSA) is 83.1 Å². The highest BCUT2D eigenvalue weighted by atomic mass is 79.9. The summed E-state index contributed by atoms with van der Waals surface area (Å²) in [6.45, 7) is 0.0145. The Kier molecular flexibility index (Phi) is 7.14. The molecule has 0 bridgehead atoms. The van der Waals surface area contributed by atoms with Gasteiger partial charge in [0.1, 0.15) is 41.2 Å². The van der Waals surface area contributed by atoms with Crippen LogP contribution in [0.25, 0.3) is 11.1 Å². The summed E-state index contributed by atoms with van der Waals surface area (Å²) in [5.74, 6) is -7.50. The van der Waals surface area contributed by atoms with Gasteiger partial charge < -0.3 is 9.47 Å². The van der Waals surface area contributed by atoms with Crippen LogP contribution in [0.15, 0.2) is 48.5 Å². The van der Waals surface area contributed by atoms with E-state index in [4.69, 9.17) is 20.0 Å². The highest BCUT2D eigenvalue weighted by Gasteiger charge is 2.29. The number of nitrogens with zero attached hydrogens (tertiary/aromatic N) is 2. The number of benzene rings is 3. The van der Waals surface area contributed by atoms with Crippen LogP contribution in [0, 0.1) is 40.1 Å². The molecule has 0 N–H and O–H groups in total. The molecule has 3 aromatic carbocycles. The predicted molar refractivity (Wildman–Crippen MR) is 112 cm³/mol. The van der Waals surface area contributed by atoms with Crippen molar-refractivity contribution in [3.8, 4) is 34.8 Å². The van der Waals surface area contributed by atoms with E-state index in [0.29, 0.717) is 10.9 Å².